The van der Waals surface area contributed by atoms with Crippen molar-refractivity contribution in [2.45, 2.75) is 25.5 Å². The van der Waals surface area contributed by atoms with Crippen molar-refractivity contribution in [2.24, 2.45) is 4.99 Å². The third-order valence-corrected chi connectivity index (χ3v) is 3.76. The molecule has 1 aromatic rings. The van der Waals surface area contributed by atoms with Crippen molar-refractivity contribution >= 4 is 29.9 Å². The van der Waals surface area contributed by atoms with Gasteiger partial charge in [0, 0.05) is 33.8 Å². The van der Waals surface area contributed by atoms with Gasteiger partial charge in [0.15, 0.2) is 5.96 Å². The molecule has 2 rings (SSSR count). The Balaban J connectivity index is 0.00000288. The van der Waals surface area contributed by atoms with E-state index in [-0.39, 0.29) is 35.9 Å². The minimum Gasteiger partial charge on any atom is -0.377 e. The molecular formula is C17H27FIN3O2. The molecule has 0 bridgehead atoms. The van der Waals surface area contributed by atoms with E-state index in [1.807, 2.05) is 11.9 Å². The van der Waals surface area contributed by atoms with Gasteiger partial charge in [-0.15, -0.1) is 24.0 Å². The minimum absolute atomic E-state index is 0. The van der Waals surface area contributed by atoms with Gasteiger partial charge in [-0.25, -0.2) is 4.39 Å². The SMILES string of the molecule is CN=C(NCCOCC1CCCO1)N(C)Cc1ccc(F)cc1.I. The van der Waals surface area contributed by atoms with Gasteiger partial charge in [0.2, 0.25) is 0 Å². The highest BCUT2D eigenvalue weighted by atomic mass is 127. The van der Waals surface area contributed by atoms with E-state index in [1.54, 1.807) is 19.2 Å². The fraction of sp³-hybridized carbons (Fsp3) is 0.588. The first-order chi connectivity index (χ1) is 11.2. The van der Waals surface area contributed by atoms with E-state index in [4.69, 9.17) is 9.47 Å². The Hall–Kier alpha value is -0.930. The highest BCUT2D eigenvalue weighted by molar-refractivity contribution is 14.0. The molecule has 1 heterocycles. The predicted molar refractivity (Wildman–Crippen MR) is 104 cm³/mol. The first-order valence-corrected chi connectivity index (χ1v) is 8.04. The third kappa shape index (κ3) is 7.31. The van der Waals surface area contributed by atoms with Crippen molar-refractivity contribution in [2.75, 3.05) is 40.5 Å². The van der Waals surface area contributed by atoms with E-state index in [9.17, 15) is 4.39 Å². The summed E-state index contributed by atoms with van der Waals surface area (Å²) < 4.78 is 24.1. The highest BCUT2D eigenvalue weighted by Gasteiger charge is 2.15. The third-order valence-electron chi connectivity index (χ3n) is 3.76. The molecule has 0 saturated carbocycles. The number of benzene rings is 1. The average molecular weight is 451 g/mol. The summed E-state index contributed by atoms with van der Waals surface area (Å²) in [5.74, 6) is 0.567. The average Bonchev–Trinajstić information content (AvgIpc) is 3.06. The molecule has 0 radical (unpaired) electrons. The molecular weight excluding hydrogens is 424 g/mol. The van der Waals surface area contributed by atoms with Gasteiger partial charge in [0.25, 0.3) is 0 Å². The van der Waals surface area contributed by atoms with Gasteiger partial charge in [-0.1, -0.05) is 12.1 Å². The van der Waals surface area contributed by atoms with E-state index in [0.29, 0.717) is 26.3 Å². The maximum absolute atomic E-state index is 12.9. The number of ether oxygens (including phenoxy) is 2. The van der Waals surface area contributed by atoms with Crippen molar-refractivity contribution < 1.29 is 13.9 Å². The Morgan fingerprint density at radius 1 is 1.42 bits per heavy atom. The molecule has 1 atom stereocenters. The Bertz CT molecular complexity index is 493. The monoisotopic (exact) mass is 451 g/mol. The predicted octanol–water partition coefficient (Wildman–Crippen LogP) is 2.65. The van der Waals surface area contributed by atoms with Gasteiger partial charge in [0.1, 0.15) is 5.82 Å². The lowest BCUT2D eigenvalue weighted by molar-refractivity contribution is 0.0190. The number of hydrogen-bond donors (Lipinski definition) is 1. The van der Waals surface area contributed by atoms with E-state index < -0.39 is 0 Å². The molecule has 24 heavy (non-hydrogen) atoms. The summed E-state index contributed by atoms with van der Waals surface area (Å²) in [7, 11) is 3.70. The number of guanidine groups is 1. The zero-order valence-corrected chi connectivity index (χ0v) is 16.7. The van der Waals surface area contributed by atoms with Crippen LogP contribution in [-0.2, 0) is 16.0 Å². The second-order valence-corrected chi connectivity index (χ2v) is 5.67. The molecule has 1 aliphatic rings. The summed E-state index contributed by atoms with van der Waals surface area (Å²) in [6, 6.07) is 6.50. The number of rotatable bonds is 7. The van der Waals surface area contributed by atoms with Gasteiger partial charge >= 0.3 is 0 Å². The molecule has 1 aliphatic heterocycles. The standard InChI is InChI=1S/C17H26FN3O2.HI/c1-19-17(20-9-11-22-13-16-4-3-10-23-16)21(2)12-14-5-7-15(18)8-6-14;/h5-8,16H,3-4,9-13H2,1-2H3,(H,19,20);1H. The summed E-state index contributed by atoms with van der Waals surface area (Å²) in [6.07, 6.45) is 2.48. The molecule has 0 aliphatic carbocycles. The van der Waals surface area contributed by atoms with Crippen LogP contribution in [0.15, 0.2) is 29.3 Å². The molecule has 1 unspecified atom stereocenters. The summed E-state index contributed by atoms with van der Waals surface area (Å²) in [6.45, 7) is 3.48. The summed E-state index contributed by atoms with van der Waals surface area (Å²) in [4.78, 5) is 6.25. The lowest BCUT2D eigenvalue weighted by Gasteiger charge is -2.22. The number of hydrogen-bond acceptors (Lipinski definition) is 3. The van der Waals surface area contributed by atoms with Crippen LogP contribution in [0.1, 0.15) is 18.4 Å². The first-order valence-electron chi connectivity index (χ1n) is 8.04. The Morgan fingerprint density at radius 2 is 2.17 bits per heavy atom. The Morgan fingerprint density at radius 3 is 2.79 bits per heavy atom. The fourth-order valence-corrected chi connectivity index (χ4v) is 2.55. The van der Waals surface area contributed by atoms with Crippen molar-refractivity contribution in [1.29, 1.82) is 0 Å². The first kappa shape index (κ1) is 21.1. The van der Waals surface area contributed by atoms with Gasteiger partial charge in [-0.2, -0.15) is 0 Å². The van der Waals surface area contributed by atoms with Crippen LogP contribution < -0.4 is 5.32 Å². The van der Waals surface area contributed by atoms with Crippen LogP contribution in [0.25, 0.3) is 0 Å². The van der Waals surface area contributed by atoms with Crippen molar-refractivity contribution in [3.63, 3.8) is 0 Å². The second kappa shape index (κ2) is 11.6. The topological polar surface area (TPSA) is 46.1 Å². The smallest absolute Gasteiger partial charge is 0.193 e. The van der Waals surface area contributed by atoms with E-state index >= 15 is 0 Å². The largest absolute Gasteiger partial charge is 0.377 e. The highest BCUT2D eigenvalue weighted by Crippen LogP contribution is 2.11. The van der Waals surface area contributed by atoms with Gasteiger partial charge < -0.3 is 19.7 Å². The Labute approximate surface area is 160 Å². The molecule has 1 aromatic carbocycles. The molecule has 1 saturated heterocycles. The Kier molecular flexibility index (Phi) is 10.2. The van der Waals surface area contributed by atoms with Crippen LogP contribution in [0.5, 0.6) is 0 Å². The zero-order valence-electron chi connectivity index (χ0n) is 14.3. The van der Waals surface area contributed by atoms with Gasteiger partial charge in [0.05, 0.1) is 19.3 Å². The zero-order chi connectivity index (χ0) is 16.5. The number of halogens is 2. The maximum Gasteiger partial charge on any atom is 0.193 e. The lowest BCUT2D eigenvalue weighted by Crippen LogP contribution is -2.40. The van der Waals surface area contributed by atoms with Gasteiger partial charge in [-0.05, 0) is 30.5 Å². The molecule has 0 spiro atoms. The molecule has 5 nitrogen and oxygen atoms in total. The normalized spacial score (nSPS) is 17.5. The lowest BCUT2D eigenvalue weighted by atomic mass is 10.2. The second-order valence-electron chi connectivity index (χ2n) is 5.67. The molecule has 136 valence electrons. The number of aliphatic imine (C=N–C) groups is 1. The van der Waals surface area contributed by atoms with Gasteiger partial charge in [-0.3, -0.25) is 4.99 Å². The van der Waals surface area contributed by atoms with Crippen LogP contribution in [0.4, 0.5) is 4.39 Å². The fourth-order valence-electron chi connectivity index (χ4n) is 2.55. The van der Waals surface area contributed by atoms with Crippen LogP contribution in [0.3, 0.4) is 0 Å². The summed E-state index contributed by atoms with van der Waals surface area (Å²) in [5, 5.41) is 3.26. The van der Waals surface area contributed by atoms with Crippen molar-refractivity contribution in [3.05, 3.63) is 35.6 Å². The van der Waals surface area contributed by atoms with Crippen molar-refractivity contribution in [3.8, 4) is 0 Å². The minimum atomic E-state index is -0.220. The molecule has 1 N–H and O–H groups in total. The van der Waals surface area contributed by atoms with Crippen LogP contribution in [0.2, 0.25) is 0 Å². The summed E-state index contributed by atoms with van der Waals surface area (Å²) in [5.41, 5.74) is 1.03. The summed E-state index contributed by atoms with van der Waals surface area (Å²) >= 11 is 0. The number of nitrogens with one attached hydrogen (secondary N) is 1. The molecule has 1 fully saturated rings. The van der Waals surface area contributed by atoms with E-state index in [1.165, 1.54) is 12.1 Å². The van der Waals surface area contributed by atoms with Crippen LogP contribution >= 0.6 is 24.0 Å². The maximum atomic E-state index is 12.9. The van der Waals surface area contributed by atoms with E-state index in [2.05, 4.69) is 10.3 Å². The quantitative estimate of drug-likeness (QED) is 0.300. The van der Waals surface area contributed by atoms with Crippen molar-refractivity contribution in [1.82, 2.24) is 10.2 Å². The molecule has 0 aromatic heterocycles. The number of nitrogens with zero attached hydrogens (tertiary/aromatic N) is 2. The van der Waals surface area contributed by atoms with Crippen LogP contribution in [0, 0.1) is 5.82 Å². The molecule has 7 heteroatoms. The molecule has 0 amide bonds. The van der Waals surface area contributed by atoms with Crippen LogP contribution in [-0.4, -0.2) is 57.4 Å². The van der Waals surface area contributed by atoms with E-state index in [0.717, 1.165) is 31.0 Å².